The van der Waals surface area contributed by atoms with Crippen molar-refractivity contribution in [2.45, 2.75) is 161 Å². The van der Waals surface area contributed by atoms with E-state index in [0.717, 1.165) is 73.9 Å². The molecule has 50 heavy (non-hydrogen) atoms. The fraction of sp³-hybridized carbons (Fsp3) is 0.659. The molecule has 1 saturated carbocycles. The Morgan fingerprint density at radius 2 is 1.28 bits per heavy atom. The van der Waals surface area contributed by atoms with E-state index in [9.17, 15) is 10.2 Å². The van der Waals surface area contributed by atoms with Crippen molar-refractivity contribution in [3.8, 4) is 11.5 Å². The minimum absolute atomic E-state index is 0.0359. The molecule has 6 heteroatoms. The average Bonchev–Trinajstić information content (AvgIpc) is 3.29. The molecule has 0 amide bonds. The van der Waals surface area contributed by atoms with E-state index in [2.05, 4.69) is 96.1 Å². The number of rotatable bonds is 8. The standard InChI is InChI=1S/C44H66N4O2/c1-42(2,3)34-25-31(17-15-22-48-24-16-23-47-21-14-10-11-20-39(47)48)40(49)32(26-34)29-45-37-18-12-13-19-38(37)46-30-33-27-35(43(4,5)6)28-36(41(33)50)44(7,8)9/h25-30,37-38H,10-24H2,1-9H3,(H-,45,46,49,50)/p+1/t37-,38-/m0/s1. The molecule has 2 aliphatic heterocycles. The maximum absolute atomic E-state index is 11.6. The number of benzene rings is 2. The highest BCUT2D eigenvalue weighted by molar-refractivity contribution is 5.86. The summed E-state index contributed by atoms with van der Waals surface area (Å²) in [5.41, 5.74) is 5.74. The van der Waals surface area contributed by atoms with Gasteiger partial charge in [-0.1, -0.05) is 87.3 Å². The zero-order valence-electron chi connectivity index (χ0n) is 32.9. The van der Waals surface area contributed by atoms with Crippen LogP contribution in [0.1, 0.15) is 160 Å². The second kappa shape index (κ2) is 15.6. The number of aliphatic imine (C=N–C) groups is 2. The summed E-state index contributed by atoms with van der Waals surface area (Å²) >= 11 is 0. The minimum atomic E-state index is -0.184. The van der Waals surface area contributed by atoms with Crippen LogP contribution in [0.5, 0.6) is 11.5 Å². The summed E-state index contributed by atoms with van der Waals surface area (Å²) in [5.74, 6) is 2.26. The SMILES string of the molecule is CC(C)(C)c1cc(C=N[C@H]2CCCC[C@@H]2N=Cc2cc(C(C)(C)C)cc(C(C)(C)C)c2O)c(O)c(CCCN2CCC[N+]3=C2CCCCC3)c1. The quantitative estimate of drug-likeness (QED) is 0.215. The Labute approximate surface area is 303 Å². The van der Waals surface area contributed by atoms with Crippen molar-refractivity contribution in [2.24, 2.45) is 9.98 Å². The Hall–Kier alpha value is -3.15. The van der Waals surface area contributed by atoms with Gasteiger partial charge in [0.25, 0.3) is 0 Å². The highest BCUT2D eigenvalue weighted by Crippen LogP contribution is 2.38. The predicted octanol–water partition coefficient (Wildman–Crippen LogP) is 9.46. The van der Waals surface area contributed by atoms with Crippen molar-refractivity contribution < 1.29 is 14.8 Å². The molecule has 0 spiro atoms. The number of nitrogens with zero attached hydrogens (tertiary/aromatic N) is 4. The molecule has 2 heterocycles. The topological polar surface area (TPSA) is 71.4 Å². The molecular formula is C44H67N4O2+. The monoisotopic (exact) mass is 684 g/mol. The first-order valence-corrected chi connectivity index (χ1v) is 19.7. The smallest absolute Gasteiger partial charge is 0.246 e. The number of aryl methyl sites for hydroxylation is 1. The molecule has 2 N–H and O–H groups in total. The van der Waals surface area contributed by atoms with Crippen molar-refractivity contribution >= 4 is 18.3 Å². The molecule has 1 aliphatic carbocycles. The van der Waals surface area contributed by atoms with Gasteiger partial charge in [-0.05, 0) is 90.0 Å². The third-order valence-corrected chi connectivity index (χ3v) is 11.2. The number of hydrogen-bond donors (Lipinski definition) is 2. The van der Waals surface area contributed by atoms with Crippen LogP contribution < -0.4 is 0 Å². The predicted molar refractivity (Wildman–Crippen MR) is 212 cm³/mol. The average molecular weight is 684 g/mol. The molecule has 0 aromatic heterocycles. The Balaban J connectivity index is 1.36. The summed E-state index contributed by atoms with van der Waals surface area (Å²) in [4.78, 5) is 12.9. The Bertz CT molecular complexity index is 1580. The fourth-order valence-corrected chi connectivity index (χ4v) is 7.92. The minimum Gasteiger partial charge on any atom is -0.507 e. The van der Waals surface area contributed by atoms with Gasteiger partial charge >= 0.3 is 0 Å². The van der Waals surface area contributed by atoms with Crippen LogP contribution in [0.4, 0.5) is 0 Å². The van der Waals surface area contributed by atoms with Gasteiger partial charge in [0.05, 0.1) is 38.3 Å². The van der Waals surface area contributed by atoms with Gasteiger partial charge in [-0.2, -0.15) is 0 Å². The summed E-state index contributed by atoms with van der Waals surface area (Å²) in [6.07, 6.45) is 16.3. The van der Waals surface area contributed by atoms with Crippen molar-refractivity contribution in [1.82, 2.24) is 4.90 Å². The van der Waals surface area contributed by atoms with Gasteiger partial charge in [0.1, 0.15) is 11.5 Å². The van der Waals surface area contributed by atoms with Crippen molar-refractivity contribution in [2.75, 3.05) is 26.2 Å². The lowest BCUT2D eigenvalue weighted by Crippen LogP contribution is -2.44. The summed E-state index contributed by atoms with van der Waals surface area (Å²) in [6.45, 7) is 24.4. The van der Waals surface area contributed by atoms with Crippen LogP contribution in [0.25, 0.3) is 0 Å². The highest BCUT2D eigenvalue weighted by atomic mass is 16.3. The van der Waals surface area contributed by atoms with E-state index in [-0.39, 0.29) is 28.3 Å². The van der Waals surface area contributed by atoms with E-state index in [1.807, 2.05) is 12.4 Å². The number of phenols is 2. The molecule has 2 aromatic rings. The molecule has 1 fully saturated rings. The number of hydrogen-bond acceptors (Lipinski definition) is 5. The Morgan fingerprint density at radius 1 is 0.700 bits per heavy atom. The van der Waals surface area contributed by atoms with Gasteiger partial charge in [-0.15, -0.1) is 0 Å². The van der Waals surface area contributed by atoms with Crippen molar-refractivity contribution in [3.63, 3.8) is 0 Å². The molecule has 2 aromatic carbocycles. The largest absolute Gasteiger partial charge is 0.507 e. The lowest BCUT2D eigenvalue weighted by molar-refractivity contribution is -0.539. The maximum Gasteiger partial charge on any atom is 0.246 e. The van der Waals surface area contributed by atoms with E-state index >= 15 is 0 Å². The maximum atomic E-state index is 11.6. The van der Waals surface area contributed by atoms with E-state index in [4.69, 9.17) is 9.98 Å². The molecule has 0 saturated heterocycles. The summed E-state index contributed by atoms with van der Waals surface area (Å²) in [5, 5.41) is 23.0. The summed E-state index contributed by atoms with van der Waals surface area (Å²) < 4.78 is 2.64. The zero-order valence-corrected chi connectivity index (χ0v) is 32.9. The third kappa shape index (κ3) is 9.39. The number of amidine groups is 1. The van der Waals surface area contributed by atoms with Gasteiger partial charge in [0.2, 0.25) is 5.84 Å². The van der Waals surface area contributed by atoms with Gasteiger partial charge in [0.15, 0.2) is 0 Å². The zero-order chi connectivity index (χ0) is 36.3. The molecule has 6 nitrogen and oxygen atoms in total. The Kier molecular flexibility index (Phi) is 11.9. The van der Waals surface area contributed by atoms with Gasteiger partial charge < -0.3 is 10.2 Å². The van der Waals surface area contributed by atoms with Crippen LogP contribution in [0.2, 0.25) is 0 Å². The molecule has 0 radical (unpaired) electrons. The molecule has 0 bridgehead atoms. The molecule has 274 valence electrons. The van der Waals surface area contributed by atoms with E-state index in [1.165, 1.54) is 56.3 Å². The summed E-state index contributed by atoms with van der Waals surface area (Å²) in [6, 6.07) is 8.69. The lowest BCUT2D eigenvalue weighted by atomic mass is 9.79. The molecule has 5 rings (SSSR count). The van der Waals surface area contributed by atoms with Crippen molar-refractivity contribution in [3.05, 3.63) is 57.6 Å². The number of phenolic OH excluding ortho intramolecular Hbond substituents is 2. The van der Waals surface area contributed by atoms with Gasteiger partial charge in [-0.25, -0.2) is 0 Å². The van der Waals surface area contributed by atoms with Crippen LogP contribution in [0.15, 0.2) is 34.3 Å². The molecule has 3 aliphatic rings. The van der Waals surface area contributed by atoms with Crippen molar-refractivity contribution in [1.29, 1.82) is 0 Å². The van der Waals surface area contributed by atoms with Crippen LogP contribution in [-0.4, -0.2) is 76.2 Å². The van der Waals surface area contributed by atoms with Crippen LogP contribution in [0.3, 0.4) is 0 Å². The summed E-state index contributed by atoms with van der Waals surface area (Å²) in [7, 11) is 0. The fourth-order valence-electron chi connectivity index (χ4n) is 7.92. The van der Waals surface area contributed by atoms with Crippen LogP contribution in [-0.2, 0) is 22.7 Å². The van der Waals surface area contributed by atoms with E-state index in [0.29, 0.717) is 11.5 Å². The Morgan fingerprint density at radius 3 is 1.88 bits per heavy atom. The second-order valence-corrected chi connectivity index (χ2v) is 18.4. The molecule has 0 unspecified atom stereocenters. The lowest BCUT2D eigenvalue weighted by Gasteiger charge is -2.28. The van der Waals surface area contributed by atoms with Crippen LogP contribution in [0, 0.1) is 0 Å². The normalized spacial score (nSPS) is 21.3. The first-order valence-electron chi connectivity index (χ1n) is 19.7. The molecular weight excluding hydrogens is 617 g/mol. The molecule has 2 atom stereocenters. The highest BCUT2D eigenvalue weighted by Gasteiger charge is 2.29. The first-order chi connectivity index (χ1) is 23.5. The van der Waals surface area contributed by atoms with Crippen LogP contribution >= 0.6 is 0 Å². The van der Waals surface area contributed by atoms with E-state index in [1.54, 1.807) is 5.84 Å². The third-order valence-electron chi connectivity index (χ3n) is 11.2. The second-order valence-electron chi connectivity index (χ2n) is 18.4. The van der Waals surface area contributed by atoms with Gasteiger partial charge in [-0.3, -0.25) is 19.5 Å². The van der Waals surface area contributed by atoms with E-state index < -0.39 is 0 Å². The first kappa shape index (κ1) is 38.1. The number of aromatic hydroxyl groups is 2. The van der Waals surface area contributed by atoms with Gasteiger partial charge in [0, 0.05) is 42.0 Å².